The van der Waals surface area contributed by atoms with E-state index in [9.17, 15) is 0 Å². The number of nitrogens with zero attached hydrogens (tertiary/aromatic N) is 3. The summed E-state index contributed by atoms with van der Waals surface area (Å²) in [7, 11) is 0. The normalized spacial score (nSPS) is 22.8. The van der Waals surface area contributed by atoms with Crippen molar-refractivity contribution in [1.82, 2.24) is 0 Å². The lowest BCUT2D eigenvalue weighted by molar-refractivity contribution is -0.144. The minimum Gasteiger partial charge on any atom is -0.344 e. The van der Waals surface area contributed by atoms with E-state index >= 15 is 0 Å². The first kappa shape index (κ1) is 18.2. The summed E-state index contributed by atoms with van der Waals surface area (Å²) < 4.78 is 12.2. The zero-order valence-corrected chi connectivity index (χ0v) is 15.0. The second-order valence-corrected chi connectivity index (χ2v) is 6.80. The van der Waals surface area contributed by atoms with Gasteiger partial charge >= 0.3 is 0 Å². The maximum absolute atomic E-state index is 9.04. The van der Waals surface area contributed by atoms with Gasteiger partial charge in [-0.15, -0.1) is 0 Å². The molecule has 1 saturated heterocycles. The molecule has 0 aliphatic carbocycles. The Bertz CT molecular complexity index is 783. The van der Waals surface area contributed by atoms with E-state index in [-0.39, 0.29) is 18.2 Å². The van der Waals surface area contributed by atoms with E-state index in [1.165, 1.54) is 0 Å². The number of hydrogen-bond acceptors (Lipinski definition) is 3. The predicted octanol–water partition coefficient (Wildman–Crippen LogP) is 5.14. The Kier molecular flexibility index (Phi) is 5.74. The van der Waals surface area contributed by atoms with Gasteiger partial charge in [0, 0.05) is 4.91 Å². The van der Waals surface area contributed by atoms with Crippen molar-refractivity contribution in [3.05, 3.63) is 88.3 Å². The van der Waals surface area contributed by atoms with Crippen LogP contribution in [0.15, 0.2) is 71.9 Å². The fraction of sp³-hybridized carbons (Fsp3) is 0.333. The molecule has 1 aliphatic heterocycles. The van der Waals surface area contributed by atoms with Crippen molar-refractivity contribution in [2.24, 2.45) is 5.11 Å². The molecule has 0 unspecified atom stereocenters. The number of azide groups is 1. The molecule has 0 spiro atoms. The molecule has 0 bridgehead atoms. The molecule has 26 heavy (non-hydrogen) atoms. The zero-order valence-electron chi connectivity index (χ0n) is 15.0. The third-order valence-electron chi connectivity index (χ3n) is 4.31. The molecule has 0 saturated carbocycles. The molecule has 1 aliphatic rings. The van der Waals surface area contributed by atoms with Crippen LogP contribution >= 0.6 is 0 Å². The van der Waals surface area contributed by atoms with Gasteiger partial charge in [0.05, 0.1) is 12.1 Å². The fourth-order valence-electron chi connectivity index (χ4n) is 3.18. The van der Waals surface area contributed by atoms with Crippen molar-refractivity contribution in [3.63, 3.8) is 0 Å². The topological polar surface area (TPSA) is 67.2 Å². The van der Waals surface area contributed by atoms with Gasteiger partial charge in [-0.3, -0.25) is 0 Å². The Morgan fingerprint density at radius 3 is 2.38 bits per heavy atom. The van der Waals surface area contributed by atoms with Crippen molar-refractivity contribution in [1.29, 1.82) is 0 Å². The quantitative estimate of drug-likeness (QED) is 0.411. The van der Waals surface area contributed by atoms with Crippen LogP contribution in [0.5, 0.6) is 0 Å². The second kappa shape index (κ2) is 8.19. The zero-order chi connectivity index (χ0) is 18.4. The Morgan fingerprint density at radius 1 is 1.08 bits per heavy atom. The largest absolute Gasteiger partial charge is 0.344 e. The molecule has 3 atom stereocenters. The summed E-state index contributed by atoms with van der Waals surface area (Å²) in [6, 6.07) is 19.6. The maximum Gasteiger partial charge on any atom is 0.164 e. The lowest BCUT2D eigenvalue weighted by Crippen LogP contribution is -2.34. The molecule has 1 heterocycles. The number of hydrogen-bond donors (Lipinski definition) is 0. The summed E-state index contributed by atoms with van der Waals surface area (Å²) in [5.74, 6) is -0.726. The molecule has 2 aromatic rings. The van der Waals surface area contributed by atoms with E-state index in [0.717, 1.165) is 11.1 Å². The van der Waals surface area contributed by atoms with Gasteiger partial charge in [-0.05, 0) is 36.9 Å². The van der Waals surface area contributed by atoms with Crippen molar-refractivity contribution >= 4 is 6.08 Å². The van der Waals surface area contributed by atoms with E-state index in [1.807, 2.05) is 86.7 Å². The van der Waals surface area contributed by atoms with Gasteiger partial charge < -0.3 is 9.47 Å². The summed E-state index contributed by atoms with van der Waals surface area (Å²) in [6.45, 7) is 3.76. The fourth-order valence-corrected chi connectivity index (χ4v) is 3.18. The van der Waals surface area contributed by atoms with Crippen LogP contribution < -0.4 is 0 Å². The van der Waals surface area contributed by atoms with Gasteiger partial charge in [0.1, 0.15) is 6.10 Å². The highest BCUT2D eigenvalue weighted by molar-refractivity contribution is 5.49. The average molecular weight is 349 g/mol. The lowest BCUT2D eigenvalue weighted by atomic mass is 9.98. The first-order valence-corrected chi connectivity index (χ1v) is 8.74. The molecule has 0 amide bonds. The highest BCUT2D eigenvalue weighted by atomic mass is 16.8. The molecule has 3 rings (SSSR count). The lowest BCUT2D eigenvalue weighted by Gasteiger charge is -2.22. The Balaban J connectivity index is 1.82. The van der Waals surface area contributed by atoms with Crippen LogP contribution in [0.1, 0.15) is 25.0 Å². The first-order chi connectivity index (χ1) is 12.6. The summed E-state index contributed by atoms with van der Waals surface area (Å²) in [6.07, 6.45) is 3.97. The number of rotatable bonds is 6. The van der Waals surface area contributed by atoms with Gasteiger partial charge in [-0.1, -0.05) is 77.9 Å². The van der Waals surface area contributed by atoms with Gasteiger partial charge in [0.2, 0.25) is 0 Å². The smallest absolute Gasteiger partial charge is 0.164 e. The van der Waals surface area contributed by atoms with Crippen LogP contribution in [0.2, 0.25) is 0 Å². The van der Waals surface area contributed by atoms with Crippen LogP contribution in [-0.2, 0) is 15.9 Å². The van der Waals surface area contributed by atoms with Crippen LogP contribution in [0, 0.1) is 0 Å². The first-order valence-electron chi connectivity index (χ1n) is 8.74. The summed E-state index contributed by atoms with van der Waals surface area (Å²) in [5.41, 5.74) is 11.2. The Labute approximate surface area is 153 Å². The van der Waals surface area contributed by atoms with E-state index < -0.39 is 5.79 Å². The standard InChI is InChI=1S/C21H23N3O2/c1-21(2)25-19(14-13-16-9-5-3-6-10-16)20(26-21)18(23-24-22)15-17-11-7-4-8-12-17/h3-14,18-20H,15H2,1-2H3/b14-13+/t18-,19+,20+/m0/s1. The molecular formula is C21H23N3O2. The van der Waals surface area contributed by atoms with Crippen LogP contribution in [-0.4, -0.2) is 24.0 Å². The summed E-state index contributed by atoms with van der Waals surface area (Å²) in [4.78, 5) is 3.04. The van der Waals surface area contributed by atoms with E-state index in [0.29, 0.717) is 6.42 Å². The van der Waals surface area contributed by atoms with Crippen molar-refractivity contribution in [2.75, 3.05) is 0 Å². The molecule has 5 heteroatoms. The predicted molar refractivity (Wildman–Crippen MR) is 102 cm³/mol. The second-order valence-electron chi connectivity index (χ2n) is 6.80. The summed E-state index contributed by atoms with van der Waals surface area (Å²) in [5, 5.41) is 4.01. The van der Waals surface area contributed by atoms with Crippen LogP contribution in [0.3, 0.4) is 0 Å². The molecule has 0 N–H and O–H groups in total. The van der Waals surface area contributed by atoms with E-state index in [4.69, 9.17) is 15.0 Å². The SMILES string of the molecule is CC1(C)O[C@H]([C@H](Cc2ccccc2)N=[N+]=[N-])[C@@H](/C=C/c2ccccc2)O1. The molecule has 2 aromatic carbocycles. The van der Waals surface area contributed by atoms with Crippen molar-refractivity contribution in [2.45, 2.75) is 44.3 Å². The molecule has 134 valence electrons. The highest BCUT2D eigenvalue weighted by Gasteiger charge is 2.43. The van der Waals surface area contributed by atoms with Gasteiger partial charge in [0.25, 0.3) is 0 Å². The van der Waals surface area contributed by atoms with Crippen molar-refractivity contribution in [3.8, 4) is 0 Å². The van der Waals surface area contributed by atoms with Gasteiger partial charge in [-0.25, -0.2) is 0 Å². The monoisotopic (exact) mass is 349 g/mol. The molecular weight excluding hydrogens is 326 g/mol. The Hall–Kier alpha value is -2.59. The molecule has 5 nitrogen and oxygen atoms in total. The van der Waals surface area contributed by atoms with Gasteiger partial charge in [-0.2, -0.15) is 0 Å². The van der Waals surface area contributed by atoms with E-state index in [1.54, 1.807) is 0 Å². The summed E-state index contributed by atoms with van der Waals surface area (Å²) >= 11 is 0. The van der Waals surface area contributed by atoms with E-state index in [2.05, 4.69) is 10.0 Å². The minimum absolute atomic E-state index is 0.288. The number of ether oxygens (including phenoxy) is 2. The maximum atomic E-state index is 9.04. The number of benzene rings is 2. The average Bonchev–Trinajstić information content (AvgIpc) is 2.96. The van der Waals surface area contributed by atoms with Crippen LogP contribution in [0.25, 0.3) is 16.5 Å². The molecule has 1 fully saturated rings. The Morgan fingerprint density at radius 2 is 1.73 bits per heavy atom. The third kappa shape index (κ3) is 4.73. The molecule has 0 radical (unpaired) electrons. The minimum atomic E-state index is -0.726. The van der Waals surface area contributed by atoms with Gasteiger partial charge in [0.15, 0.2) is 5.79 Å². The molecule has 0 aromatic heterocycles. The highest BCUT2D eigenvalue weighted by Crippen LogP contribution is 2.33. The third-order valence-corrected chi connectivity index (χ3v) is 4.31. The van der Waals surface area contributed by atoms with Crippen LogP contribution in [0.4, 0.5) is 0 Å². The van der Waals surface area contributed by atoms with Crippen molar-refractivity contribution < 1.29 is 9.47 Å².